The summed E-state index contributed by atoms with van der Waals surface area (Å²) in [7, 11) is -3.84. The third kappa shape index (κ3) is 5.14. The van der Waals surface area contributed by atoms with Gasteiger partial charge in [-0.2, -0.15) is 4.31 Å². The lowest BCUT2D eigenvalue weighted by Gasteiger charge is -2.25. The van der Waals surface area contributed by atoms with Gasteiger partial charge in [-0.3, -0.25) is 4.79 Å². The largest absolute Gasteiger partial charge is 0.451 e. The van der Waals surface area contributed by atoms with E-state index in [1.807, 2.05) is 6.92 Å². The van der Waals surface area contributed by atoms with Crippen LogP contribution in [0.15, 0.2) is 34.5 Å². The SMILES string of the molecule is Cc1ccc(NC(=O)COC(=O)c2sccc2S(=O)(=O)N2CCOCC2)cc1Cl. The number of rotatable bonds is 6. The number of sulfonamides is 1. The number of aryl methyl sites for hydroxylation is 1. The zero-order valence-electron chi connectivity index (χ0n) is 15.5. The van der Waals surface area contributed by atoms with Gasteiger partial charge in [0.2, 0.25) is 10.0 Å². The van der Waals surface area contributed by atoms with E-state index in [0.717, 1.165) is 16.9 Å². The van der Waals surface area contributed by atoms with Crippen LogP contribution >= 0.6 is 22.9 Å². The van der Waals surface area contributed by atoms with Gasteiger partial charge in [-0.05, 0) is 36.1 Å². The lowest BCUT2D eigenvalue weighted by Crippen LogP contribution is -2.40. The van der Waals surface area contributed by atoms with Crippen molar-refractivity contribution in [2.24, 2.45) is 0 Å². The quantitative estimate of drug-likeness (QED) is 0.667. The first-order valence-corrected chi connectivity index (χ1v) is 11.4. The van der Waals surface area contributed by atoms with Crippen molar-refractivity contribution in [1.82, 2.24) is 4.31 Å². The molecular weight excluding hydrogens is 440 g/mol. The molecule has 156 valence electrons. The number of carbonyl (C=O) groups is 2. The van der Waals surface area contributed by atoms with Crippen LogP contribution < -0.4 is 5.32 Å². The van der Waals surface area contributed by atoms with Crippen LogP contribution in [0.1, 0.15) is 15.2 Å². The molecule has 29 heavy (non-hydrogen) atoms. The summed E-state index contributed by atoms with van der Waals surface area (Å²) in [4.78, 5) is 24.2. The molecule has 3 rings (SSSR count). The van der Waals surface area contributed by atoms with Gasteiger partial charge in [-0.15, -0.1) is 11.3 Å². The number of morpholine rings is 1. The van der Waals surface area contributed by atoms with Crippen molar-refractivity contribution in [3.63, 3.8) is 0 Å². The average Bonchev–Trinajstić information content (AvgIpc) is 3.20. The molecule has 0 aliphatic carbocycles. The third-order valence-electron chi connectivity index (χ3n) is 4.19. The van der Waals surface area contributed by atoms with E-state index in [-0.39, 0.29) is 22.9 Å². The van der Waals surface area contributed by atoms with Crippen LogP contribution in [0.5, 0.6) is 0 Å². The predicted molar refractivity (Wildman–Crippen MR) is 109 cm³/mol. The van der Waals surface area contributed by atoms with E-state index in [2.05, 4.69) is 5.32 Å². The molecule has 0 saturated carbocycles. The molecule has 0 radical (unpaired) electrons. The van der Waals surface area contributed by atoms with Crippen molar-refractivity contribution in [2.75, 3.05) is 38.2 Å². The van der Waals surface area contributed by atoms with Gasteiger partial charge in [0.25, 0.3) is 5.91 Å². The number of nitrogens with zero attached hydrogens (tertiary/aromatic N) is 1. The van der Waals surface area contributed by atoms with E-state index in [1.54, 1.807) is 18.2 Å². The van der Waals surface area contributed by atoms with Gasteiger partial charge in [0.05, 0.1) is 13.2 Å². The number of amides is 1. The Morgan fingerprint density at radius 3 is 2.69 bits per heavy atom. The van der Waals surface area contributed by atoms with Gasteiger partial charge >= 0.3 is 5.97 Å². The van der Waals surface area contributed by atoms with Crippen LogP contribution in [0, 0.1) is 6.92 Å². The zero-order chi connectivity index (χ0) is 21.0. The topological polar surface area (TPSA) is 102 Å². The first-order chi connectivity index (χ1) is 13.8. The van der Waals surface area contributed by atoms with Crippen LogP contribution in [-0.2, 0) is 24.3 Å². The van der Waals surface area contributed by atoms with Gasteiger partial charge in [-0.25, -0.2) is 13.2 Å². The predicted octanol–water partition coefficient (Wildman–Crippen LogP) is 2.53. The number of nitrogens with one attached hydrogen (secondary N) is 1. The van der Waals surface area contributed by atoms with Gasteiger partial charge < -0.3 is 14.8 Å². The van der Waals surface area contributed by atoms with Crippen molar-refractivity contribution < 1.29 is 27.5 Å². The molecular formula is C18H19ClN2O6S2. The van der Waals surface area contributed by atoms with Crippen molar-refractivity contribution in [3.05, 3.63) is 45.1 Å². The zero-order valence-corrected chi connectivity index (χ0v) is 17.9. The van der Waals surface area contributed by atoms with E-state index in [0.29, 0.717) is 23.9 Å². The van der Waals surface area contributed by atoms with Gasteiger partial charge in [0.1, 0.15) is 9.77 Å². The smallest absolute Gasteiger partial charge is 0.350 e. The maximum absolute atomic E-state index is 12.8. The summed E-state index contributed by atoms with van der Waals surface area (Å²) >= 11 is 6.96. The van der Waals surface area contributed by atoms with Crippen LogP contribution in [0.3, 0.4) is 0 Å². The number of anilines is 1. The molecule has 2 heterocycles. The molecule has 11 heteroatoms. The highest BCUT2D eigenvalue weighted by Gasteiger charge is 2.32. The normalized spacial score (nSPS) is 15.1. The fourth-order valence-electron chi connectivity index (χ4n) is 2.64. The summed E-state index contributed by atoms with van der Waals surface area (Å²) in [5.41, 5.74) is 1.33. The first kappa shape index (κ1) is 21.7. The second-order valence-corrected chi connectivity index (χ2v) is 9.45. The Morgan fingerprint density at radius 2 is 2.00 bits per heavy atom. The number of esters is 1. The third-order valence-corrected chi connectivity index (χ3v) is 7.56. The van der Waals surface area contributed by atoms with E-state index in [4.69, 9.17) is 21.1 Å². The highest BCUT2D eigenvalue weighted by molar-refractivity contribution is 7.89. The molecule has 1 aliphatic rings. The maximum Gasteiger partial charge on any atom is 0.350 e. The van der Waals surface area contributed by atoms with Crippen molar-refractivity contribution in [1.29, 1.82) is 0 Å². The number of hydrogen-bond acceptors (Lipinski definition) is 7. The number of thiophene rings is 1. The molecule has 0 spiro atoms. The van der Waals surface area contributed by atoms with E-state index in [1.165, 1.54) is 15.8 Å². The number of hydrogen-bond donors (Lipinski definition) is 1. The number of halogens is 1. The lowest BCUT2D eigenvalue weighted by atomic mass is 10.2. The van der Waals surface area contributed by atoms with Gasteiger partial charge in [0, 0.05) is 23.8 Å². The van der Waals surface area contributed by atoms with Crippen molar-refractivity contribution in [3.8, 4) is 0 Å². The first-order valence-electron chi connectivity index (χ1n) is 8.67. The molecule has 1 amide bonds. The van der Waals surface area contributed by atoms with E-state index < -0.39 is 28.5 Å². The monoisotopic (exact) mass is 458 g/mol. The van der Waals surface area contributed by atoms with Crippen LogP contribution in [0.2, 0.25) is 5.02 Å². The fourth-order valence-corrected chi connectivity index (χ4v) is 5.51. The Morgan fingerprint density at radius 1 is 1.28 bits per heavy atom. The summed E-state index contributed by atoms with van der Waals surface area (Å²) in [6.45, 7) is 2.31. The molecule has 1 N–H and O–H groups in total. The van der Waals surface area contributed by atoms with E-state index >= 15 is 0 Å². The second kappa shape index (κ2) is 9.23. The van der Waals surface area contributed by atoms with Crippen molar-refractivity contribution in [2.45, 2.75) is 11.8 Å². The molecule has 1 saturated heterocycles. The molecule has 8 nitrogen and oxygen atoms in total. The van der Waals surface area contributed by atoms with Crippen LogP contribution in [0.25, 0.3) is 0 Å². The summed E-state index contributed by atoms with van der Waals surface area (Å²) in [6.07, 6.45) is 0. The molecule has 1 aliphatic heterocycles. The summed E-state index contributed by atoms with van der Waals surface area (Å²) in [5.74, 6) is -1.43. The summed E-state index contributed by atoms with van der Waals surface area (Å²) in [5, 5.41) is 4.56. The van der Waals surface area contributed by atoms with Gasteiger partial charge in [-0.1, -0.05) is 17.7 Å². The van der Waals surface area contributed by atoms with Crippen LogP contribution in [0.4, 0.5) is 5.69 Å². The molecule has 1 aromatic carbocycles. The summed E-state index contributed by atoms with van der Waals surface area (Å²) in [6, 6.07) is 6.37. The highest BCUT2D eigenvalue weighted by atomic mass is 35.5. The van der Waals surface area contributed by atoms with Crippen LogP contribution in [-0.4, -0.2) is 57.5 Å². The number of ether oxygens (including phenoxy) is 2. The molecule has 1 fully saturated rings. The second-order valence-electron chi connectivity index (χ2n) is 6.22. The standard InChI is InChI=1S/C18H19ClN2O6S2/c1-12-2-3-13(10-14(12)19)20-16(22)11-27-18(23)17-15(4-9-28-17)29(24,25)21-5-7-26-8-6-21/h2-4,9-10H,5-8,11H2,1H3,(H,20,22). The van der Waals surface area contributed by atoms with Crippen molar-refractivity contribution >= 4 is 50.5 Å². The summed E-state index contributed by atoms with van der Waals surface area (Å²) < 4.78 is 37.0. The Kier molecular flexibility index (Phi) is 6.91. The highest BCUT2D eigenvalue weighted by Crippen LogP contribution is 2.26. The minimum atomic E-state index is -3.84. The lowest BCUT2D eigenvalue weighted by molar-refractivity contribution is -0.119. The number of benzene rings is 1. The molecule has 2 aromatic rings. The minimum absolute atomic E-state index is 0.0670. The van der Waals surface area contributed by atoms with Gasteiger partial charge in [0.15, 0.2) is 6.61 Å². The Labute approximate surface area is 177 Å². The Hall–Kier alpha value is -1.98. The molecule has 1 aromatic heterocycles. The maximum atomic E-state index is 12.8. The fraction of sp³-hybridized carbons (Fsp3) is 0.333. The average molecular weight is 459 g/mol. The Bertz CT molecular complexity index is 1020. The molecule has 0 unspecified atom stereocenters. The van der Waals surface area contributed by atoms with E-state index in [9.17, 15) is 18.0 Å². The molecule has 0 bridgehead atoms. The minimum Gasteiger partial charge on any atom is -0.451 e. The number of carbonyl (C=O) groups excluding carboxylic acids is 2. The molecule has 0 atom stereocenters. The Balaban J connectivity index is 1.63.